The van der Waals surface area contributed by atoms with Gasteiger partial charge in [0, 0.05) is 32.2 Å². The highest BCUT2D eigenvalue weighted by atomic mass is 35.5. The number of imidazole rings is 1. The summed E-state index contributed by atoms with van der Waals surface area (Å²) in [6.07, 6.45) is 3.27. The molecule has 2 saturated carbocycles. The summed E-state index contributed by atoms with van der Waals surface area (Å²) in [6.45, 7) is 0.655. The molecule has 35 heavy (non-hydrogen) atoms. The minimum Gasteiger partial charge on any atom is -0.393 e. The number of aromatic nitrogens is 2. The van der Waals surface area contributed by atoms with Gasteiger partial charge in [-0.3, -0.25) is 4.79 Å². The van der Waals surface area contributed by atoms with Crippen LogP contribution in [0.15, 0.2) is 48.5 Å². The van der Waals surface area contributed by atoms with Crippen molar-refractivity contribution in [2.45, 2.75) is 44.2 Å². The predicted molar refractivity (Wildman–Crippen MR) is 135 cm³/mol. The van der Waals surface area contributed by atoms with E-state index in [1.54, 1.807) is 0 Å². The number of nitrogens with one attached hydrogen (secondary N) is 1. The smallest absolute Gasteiger partial charge is 0.274 e. The highest BCUT2D eigenvalue weighted by Crippen LogP contribution is 2.51. The van der Waals surface area contributed by atoms with Crippen LogP contribution in [0.1, 0.15) is 53.3 Å². The number of amides is 1. The summed E-state index contributed by atoms with van der Waals surface area (Å²) in [5.74, 6) is 0.969. The summed E-state index contributed by atoms with van der Waals surface area (Å²) < 4.78 is 15.5. The summed E-state index contributed by atoms with van der Waals surface area (Å²) in [5.41, 5.74) is 2.87. The van der Waals surface area contributed by atoms with E-state index in [1.807, 2.05) is 41.8 Å². The van der Waals surface area contributed by atoms with Crippen molar-refractivity contribution < 1.29 is 14.3 Å². The monoisotopic (exact) mass is 496 g/mol. The number of anilines is 2. The van der Waals surface area contributed by atoms with E-state index < -0.39 is 5.82 Å². The lowest BCUT2D eigenvalue weighted by Crippen LogP contribution is -2.22. The fourth-order valence-electron chi connectivity index (χ4n) is 5.90. The maximum atomic E-state index is 13.6. The molecule has 2 aliphatic carbocycles. The number of aliphatic hydroxyl groups excluding tert-OH is 1. The minimum absolute atomic E-state index is 0.0431. The van der Waals surface area contributed by atoms with E-state index in [0.717, 1.165) is 36.9 Å². The SMILES string of the molecule is CN(Cc1ccccc1)c1nc(C2CC3CC(O)CC3C2)c(C(=O)Nc2ccc(F)c(Cl)c2)n1C. The van der Waals surface area contributed by atoms with Crippen LogP contribution in [0.4, 0.5) is 16.0 Å². The van der Waals surface area contributed by atoms with Crippen molar-refractivity contribution in [1.82, 2.24) is 9.55 Å². The van der Waals surface area contributed by atoms with Gasteiger partial charge in [0.1, 0.15) is 11.5 Å². The zero-order chi connectivity index (χ0) is 24.7. The Bertz CT molecular complexity index is 1220. The Morgan fingerprint density at radius 1 is 1.17 bits per heavy atom. The lowest BCUT2D eigenvalue weighted by Gasteiger charge is -2.18. The molecule has 8 heteroatoms. The van der Waals surface area contributed by atoms with Crippen molar-refractivity contribution in [2.75, 3.05) is 17.3 Å². The van der Waals surface area contributed by atoms with Crippen LogP contribution in [-0.2, 0) is 13.6 Å². The van der Waals surface area contributed by atoms with Crippen LogP contribution < -0.4 is 10.2 Å². The Morgan fingerprint density at radius 2 is 1.86 bits per heavy atom. The lowest BCUT2D eigenvalue weighted by atomic mass is 9.97. The first-order valence-electron chi connectivity index (χ1n) is 12.1. The van der Waals surface area contributed by atoms with Gasteiger partial charge in [0.05, 0.1) is 16.8 Å². The summed E-state index contributed by atoms with van der Waals surface area (Å²) >= 11 is 5.93. The molecule has 0 spiro atoms. The Kier molecular flexibility index (Phi) is 6.55. The molecule has 2 aromatic carbocycles. The molecule has 2 atom stereocenters. The van der Waals surface area contributed by atoms with E-state index in [2.05, 4.69) is 17.4 Å². The van der Waals surface area contributed by atoms with E-state index in [1.165, 1.54) is 18.2 Å². The van der Waals surface area contributed by atoms with Crippen molar-refractivity contribution in [3.63, 3.8) is 0 Å². The molecule has 3 aromatic rings. The van der Waals surface area contributed by atoms with Crippen LogP contribution in [0.25, 0.3) is 0 Å². The summed E-state index contributed by atoms with van der Waals surface area (Å²) in [5, 5.41) is 12.9. The average molecular weight is 497 g/mol. The predicted octanol–water partition coefficient (Wildman–Crippen LogP) is 5.37. The van der Waals surface area contributed by atoms with Gasteiger partial charge in [0.2, 0.25) is 5.95 Å². The molecule has 1 heterocycles. The number of hydrogen-bond acceptors (Lipinski definition) is 4. The van der Waals surface area contributed by atoms with Gasteiger partial charge in [-0.25, -0.2) is 9.37 Å². The zero-order valence-electron chi connectivity index (χ0n) is 19.9. The molecule has 0 bridgehead atoms. The highest BCUT2D eigenvalue weighted by molar-refractivity contribution is 6.31. The van der Waals surface area contributed by atoms with E-state index in [4.69, 9.17) is 16.6 Å². The van der Waals surface area contributed by atoms with Gasteiger partial charge in [-0.2, -0.15) is 0 Å². The average Bonchev–Trinajstić information content (AvgIpc) is 3.47. The van der Waals surface area contributed by atoms with E-state index in [9.17, 15) is 14.3 Å². The van der Waals surface area contributed by atoms with Crippen LogP contribution in [-0.4, -0.2) is 33.7 Å². The minimum atomic E-state index is -0.532. The number of nitrogens with zero attached hydrogens (tertiary/aromatic N) is 3. The van der Waals surface area contributed by atoms with Crippen LogP contribution in [0.2, 0.25) is 5.02 Å². The molecule has 0 saturated heterocycles. The van der Waals surface area contributed by atoms with Gasteiger partial charge in [0.15, 0.2) is 0 Å². The molecule has 2 fully saturated rings. The third kappa shape index (κ3) is 4.80. The summed E-state index contributed by atoms with van der Waals surface area (Å²) in [7, 11) is 3.83. The van der Waals surface area contributed by atoms with Crippen molar-refractivity contribution in [1.29, 1.82) is 0 Å². The largest absolute Gasteiger partial charge is 0.393 e. The second-order valence-corrected chi connectivity index (χ2v) is 10.4. The van der Waals surface area contributed by atoms with E-state index >= 15 is 0 Å². The molecule has 2 aliphatic rings. The van der Waals surface area contributed by atoms with Crippen LogP contribution in [0, 0.1) is 17.7 Å². The molecule has 0 aliphatic heterocycles. The van der Waals surface area contributed by atoms with Crippen LogP contribution >= 0.6 is 11.6 Å². The second-order valence-electron chi connectivity index (χ2n) is 9.94. The first kappa shape index (κ1) is 23.8. The Hall–Kier alpha value is -2.90. The van der Waals surface area contributed by atoms with Crippen molar-refractivity contribution in [3.05, 3.63) is 76.3 Å². The van der Waals surface area contributed by atoms with Gasteiger partial charge >= 0.3 is 0 Å². The Labute approximate surface area is 209 Å². The number of aliphatic hydroxyl groups is 1. The molecule has 2 N–H and O–H groups in total. The Morgan fingerprint density at radius 3 is 2.51 bits per heavy atom. The van der Waals surface area contributed by atoms with Gasteiger partial charge < -0.3 is 19.9 Å². The third-order valence-electron chi connectivity index (χ3n) is 7.47. The molecule has 1 amide bonds. The summed E-state index contributed by atoms with van der Waals surface area (Å²) in [4.78, 5) is 20.6. The van der Waals surface area contributed by atoms with Crippen LogP contribution in [0.3, 0.4) is 0 Å². The lowest BCUT2D eigenvalue weighted by molar-refractivity contribution is 0.101. The topological polar surface area (TPSA) is 70.4 Å². The molecule has 5 rings (SSSR count). The quantitative estimate of drug-likeness (QED) is 0.481. The number of fused-ring (bicyclic) bond motifs is 1. The van der Waals surface area contributed by atoms with Crippen LogP contribution in [0.5, 0.6) is 0 Å². The number of rotatable bonds is 6. The molecule has 6 nitrogen and oxygen atoms in total. The molecule has 2 unspecified atom stereocenters. The maximum absolute atomic E-state index is 13.6. The van der Waals surface area contributed by atoms with Gasteiger partial charge in [-0.05, 0) is 61.3 Å². The molecule has 1 aromatic heterocycles. The first-order chi connectivity index (χ1) is 16.8. The van der Waals surface area contributed by atoms with Gasteiger partial charge in [-0.1, -0.05) is 41.9 Å². The fraction of sp³-hybridized carbons (Fsp3) is 0.407. The zero-order valence-corrected chi connectivity index (χ0v) is 20.7. The standard InChI is InChI=1S/C27H30ClFN4O2/c1-32(15-16-6-4-3-5-7-16)27-31-24(19-10-17-12-21(34)13-18(17)11-19)25(33(27)2)26(35)30-20-8-9-23(29)22(28)14-20/h3-9,14,17-19,21,34H,10-13,15H2,1-2H3,(H,30,35). The Balaban J connectivity index is 1.47. The number of carbonyl (C=O) groups is 1. The van der Waals surface area contributed by atoms with E-state index in [-0.39, 0.29) is 23.0 Å². The fourth-order valence-corrected chi connectivity index (χ4v) is 6.08. The normalized spacial score (nSPS) is 23.3. The van der Waals surface area contributed by atoms with E-state index in [0.29, 0.717) is 35.7 Å². The second kappa shape index (κ2) is 9.63. The summed E-state index contributed by atoms with van der Waals surface area (Å²) in [6, 6.07) is 14.3. The highest BCUT2D eigenvalue weighted by Gasteiger charge is 2.43. The van der Waals surface area contributed by atoms with Gasteiger partial charge in [-0.15, -0.1) is 0 Å². The molecule has 184 valence electrons. The third-order valence-corrected chi connectivity index (χ3v) is 7.76. The molecule has 0 radical (unpaired) electrons. The molecular formula is C27H30ClFN4O2. The number of hydrogen-bond donors (Lipinski definition) is 2. The number of carbonyl (C=O) groups excluding carboxylic acids is 1. The molecular weight excluding hydrogens is 467 g/mol. The maximum Gasteiger partial charge on any atom is 0.274 e. The van der Waals surface area contributed by atoms with Crippen molar-refractivity contribution >= 4 is 29.1 Å². The van der Waals surface area contributed by atoms with Crippen molar-refractivity contribution in [2.24, 2.45) is 18.9 Å². The van der Waals surface area contributed by atoms with Gasteiger partial charge in [0.25, 0.3) is 5.91 Å². The first-order valence-corrected chi connectivity index (χ1v) is 12.4. The number of benzene rings is 2. The van der Waals surface area contributed by atoms with Crippen molar-refractivity contribution in [3.8, 4) is 0 Å². The number of halogens is 2.